The van der Waals surface area contributed by atoms with Crippen LogP contribution in [0.3, 0.4) is 0 Å². The maximum atomic E-state index is 10.9. The molecule has 0 radical (unpaired) electrons. The van der Waals surface area contributed by atoms with Crippen molar-refractivity contribution in [3.63, 3.8) is 0 Å². The second-order valence-corrected chi connectivity index (χ2v) is 4.93. The molecule has 0 saturated heterocycles. The quantitative estimate of drug-likeness (QED) is 0.790. The lowest BCUT2D eigenvalue weighted by atomic mass is 10.2. The predicted octanol–water partition coefficient (Wildman–Crippen LogP) is 3.60. The van der Waals surface area contributed by atoms with Crippen LogP contribution in [0.25, 0.3) is 10.9 Å². The number of hydrogen-bond donors (Lipinski definition) is 1. The number of aromatic nitrogens is 1. The van der Waals surface area contributed by atoms with Gasteiger partial charge < -0.3 is 14.1 Å². The first-order chi connectivity index (χ1) is 9.56. The number of hydrogen-bond acceptors (Lipinski definition) is 2. The van der Waals surface area contributed by atoms with Crippen LogP contribution in [0.2, 0.25) is 0 Å². The highest BCUT2D eigenvalue weighted by molar-refractivity contribution is 5.85. The number of fused-ring (bicyclic) bond motifs is 1. The zero-order chi connectivity index (χ0) is 14.3. The van der Waals surface area contributed by atoms with Crippen molar-refractivity contribution in [1.29, 1.82) is 0 Å². The van der Waals surface area contributed by atoms with Crippen LogP contribution in [0.15, 0.2) is 40.8 Å². The summed E-state index contributed by atoms with van der Waals surface area (Å²) < 4.78 is 7.43. The maximum absolute atomic E-state index is 10.9. The van der Waals surface area contributed by atoms with E-state index in [1.165, 1.54) is 5.39 Å². The van der Waals surface area contributed by atoms with E-state index in [1.807, 2.05) is 19.1 Å². The molecule has 0 spiro atoms. The van der Waals surface area contributed by atoms with Gasteiger partial charge in [-0.05, 0) is 37.4 Å². The number of aromatic carboxylic acids is 1. The number of nitrogens with zero attached hydrogens (tertiary/aromatic N) is 1. The highest BCUT2D eigenvalue weighted by atomic mass is 16.4. The Bertz CT molecular complexity index is 795. The molecule has 0 aliphatic carbocycles. The Balaban J connectivity index is 2.05. The van der Waals surface area contributed by atoms with Crippen molar-refractivity contribution in [1.82, 2.24) is 4.57 Å². The normalized spacial score (nSPS) is 11.1. The Labute approximate surface area is 116 Å². The lowest BCUT2D eigenvalue weighted by molar-refractivity contribution is 0.0661. The molecule has 102 valence electrons. The molecule has 3 aromatic rings. The van der Waals surface area contributed by atoms with E-state index in [9.17, 15) is 4.79 Å². The molecule has 4 nitrogen and oxygen atoms in total. The molecule has 20 heavy (non-hydrogen) atoms. The van der Waals surface area contributed by atoms with Crippen molar-refractivity contribution in [2.24, 2.45) is 0 Å². The number of furan rings is 1. The van der Waals surface area contributed by atoms with E-state index in [2.05, 4.69) is 22.8 Å². The Morgan fingerprint density at radius 1 is 1.25 bits per heavy atom. The van der Waals surface area contributed by atoms with Gasteiger partial charge in [-0.2, -0.15) is 0 Å². The average Bonchev–Trinajstić information content (AvgIpc) is 2.92. The number of rotatable bonds is 3. The summed E-state index contributed by atoms with van der Waals surface area (Å²) in [5.74, 6) is -0.389. The summed E-state index contributed by atoms with van der Waals surface area (Å²) in [5.41, 5.74) is 3.18. The van der Waals surface area contributed by atoms with E-state index in [0.717, 1.165) is 16.8 Å². The Kier molecular flexibility index (Phi) is 2.86. The second kappa shape index (κ2) is 4.56. The fourth-order valence-electron chi connectivity index (χ4n) is 2.51. The zero-order valence-electron chi connectivity index (χ0n) is 11.4. The van der Waals surface area contributed by atoms with Gasteiger partial charge in [-0.1, -0.05) is 18.2 Å². The Hall–Kier alpha value is -2.49. The van der Waals surface area contributed by atoms with Crippen LogP contribution in [-0.4, -0.2) is 15.6 Å². The minimum atomic E-state index is -1.03. The topological polar surface area (TPSA) is 55.4 Å². The van der Waals surface area contributed by atoms with Crippen molar-refractivity contribution in [2.45, 2.75) is 20.4 Å². The molecule has 0 atom stereocenters. The number of carboxylic acids is 1. The number of benzene rings is 1. The van der Waals surface area contributed by atoms with Crippen molar-refractivity contribution in [2.75, 3.05) is 0 Å². The molecular formula is C16H15NO3. The van der Waals surface area contributed by atoms with E-state index >= 15 is 0 Å². The molecule has 0 amide bonds. The SMILES string of the molecule is Cc1oc(C(=O)O)cc1Cn1c(C)cc2ccccc21. The zero-order valence-corrected chi connectivity index (χ0v) is 11.4. The van der Waals surface area contributed by atoms with Crippen LogP contribution in [0.4, 0.5) is 0 Å². The largest absolute Gasteiger partial charge is 0.475 e. The maximum Gasteiger partial charge on any atom is 0.371 e. The van der Waals surface area contributed by atoms with Crippen LogP contribution in [0.5, 0.6) is 0 Å². The minimum absolute atomic E-state index is 0.00776. The Morgan fingerprint density at radius 2 is 2.00 bits per heavy atom. The van der Waals surface area contributed by atoms with Crippen molar-refractivity contribution < 1.29 is 14.3 Å². The van der Waals surface area contributed by atoms with E-state index in [4.69, 9.17) is 9.52 Å². The van der Waals surface area contributed by atoms with Gasteiger partial charge in [0.15, 0.2) is 0 Å². The van der Waals surface area contributed by atoms with Crippen LogP contribution in [0, 0.1) is 13.8 Å². The second-order valence-electron chi connectivity index (χ2n) is 4.93. The van der Waals surface area contributed by atoms with Crippen LogP contribution >= 0.6 is 0 Å². The molecule has 0 saturated carbocycles. The van der Waals surface area contributed by atoms with Gasteiger partial charge in [0.25, 0.3) is 0 Å². The molecule has 2 aromatic heterocycles. The fraction of sp³-hybridized carbons (Fsp3) is 0.188. The van der Waals surface area contributed by atoms with Gasteiger partial charge in [0.2, 0.25) is 5.76 Å². The van der Waals surface area contributed by atoms with Gasteiger partial charge >= 0.3 is 5.97 Å². The molecule has 0 fully saturated rings. The highest BCUT2D eigenvalue weighted by Gasteiger charge is 2.14. The summed E-state index contributed by atoms with van der Waals surface area (Å²) in [4.78, 5) is 10.9. The fourth-order valence-corrected chi connectivity index (χ4v) is 2.51. The molecule has 4 heteroatoms. The van der Waals surface area contributed by atoms with E-state index in [1.54, 1.807) is 13.0 Å². The van der Waals surface area contributed by atoms with Gasteiger partial charge in [-0.25, -0.2) is 4.79 Å². The molecule has 0 unspecified atom stereocenters. The molecule has 1 N–H and O–H groups in total. The first kappa shape index (κ1) is 12.5. The molecule has 0 aliphatic rings. The van der Waals surface area contributed by atoms with Crippen LogP contribution < -0.4 is 0 Å². The van der Waals surface area contributed by atoms with E-state index < -0.39 is 5.97 Å². The van der Waals surface area contributed by atoms with Crippen molar-refractivity contribution >= 4 is 16.9 Å². The number of aryl methyl sites for hydroxylation is 2. The number of para-hydroxylation sites is 1. The standard InChI is InChI=1S/C16H15NO3/c1-10-7-12-5-3-4-6-14(12)17(10)9-13-8-15(16(18)19)20-11(13)2/h3-8H,9H2,1-2H3,(H,18,19). The van der Waals surface area contributed by atoms with Crippen LogP contribution in [0.1, 0.15) is 27.6 Å². The average molecular weight is 269 g/mol. The highest BCUT2D eigenvalue weighted by Crippen LogP contribution is 2.23. The van der Waals surface area contributed by atoms with Gasteiger partial charge in [-0.15, -0.1) is 0 Å². The summed E-state index contributed by atoms with van der Waals surface area (Å²) in [6.07, 6.45) is 0. The Morgan fingerprint density at radius 3 is 2.70 bits per heavy atom. The lowest BCUT2D eigenvalue weighted by Gasteiger charge is -2.07. The lowest BCUT2D eigenvalue weighted by Crippen LogP contribution is -2.01. The summed E-state index contributed by atoms with van der Waals surface area (Å²) >= 11 is 0. The van der Waals surface area contributed by atoms with E-state index in [0.29, 0.717) is 12.3 Å². The summed E-state index contributed by atoms with van der Waals surface area (Å²) in [7, 11) is 0. The van der Waals surface area contributed by atoms with Gasteiger partial charge in [0.05, 0.1) is 6.54 Å². The third-order valence-corrected chi connectivity index (χ3v) is 3.58. The van der Waals surface area contributed by atoms with Crippen molar-refractivity contribution in [3.8, 4) is 0 Å². The molecule has 2 heterocycles. The van der Waals surface area contributed by atoms with Gasteiger partial charge in [-0.3, -0.25) is 0 Å². The molecule has 0 bridgehead atoms. The smallest absolute Gasteiger partial charge is 0.371 e. The third-order valence-electron chi connectivity index (χ3n) is 3.58. The number of carboxylic acid groups (broad SMARTS) is 1. The first-order valence-electron chi connectivity index (χ1n) is 6.44. The molecule has 0 aliphatic heterocycles. The predicted molar refractivity (Wildman–Crippen MR) is 76.2 cm³/mol. The molecular weight excluding hydrogens is 254 g/mol. The van der Waals surface area contributed by atoms with E-state index in [-0.39, 0.29) is 5.76 Å². The molecule has 1 aromatic carbocycles. The summed E-state index contributed by atoms with van der Waals surface area (Å²) in [5, 5.41) is 10.2. The minimum Gasteiger partial charge on any atom is -0.475 e. The summed E-state index contributed by atoms with van der Waals surface area (Å²) in [6.45, 7) is 4.46. The monoisotopic (exact) mass is 269 g/mol. The third kappa shape index (κ3) is 1.99. The van der Waals surface area contributed by atoms with Crippen LogP contribution in [-0.2, 0) is 6.54 Å². The number of carbonyl (C=O) groups is 1. The van der Waals surface area contributed by atoms with Gasteiger partial charge in [0, 0.05) is 16.8 Å². The summed E-state index contributed by atoms with van der Waals surface area (Å²) in [6, 6.07) is 11.9. The van der Waals surface area contributed by atoms with Gasteiger partial charge in [0.1, 0.15) is 5.76 Å². The first-order valence-corrected chi connectivity index (χ1v) is 6.44. The molecule has 3 rings (SSSR count). The van der Waals surface area contributed by atoms with Crippen molar-refractivity contribution in [3.05, 3.63) is 59.2 Å².